The highest BCUT2D eigenvalue weighted by Crippen LogP contribution is 2.04. The fourth-order valence-electron chi connectivity index (χ4n) is 1.52. The van der Waals surface area contributed by atoms with E-state index >= 15 is 0 Å². The Balaban J connectivity index is 2.40. The summed E-state index contributed by atoms with van der Waals surface area (Å²) in [6, 6.07) is 3.64. The normalized spacial score (nSPS) is 10.5. The molecule has 1 aromatic rings. The fourth-order valence-corrected chi connectivity index (χ4v) is 1.52. The van der Waals surface area contributed by atoms with Crippen molar-refractivity contribution in [1.82, 2.24) is 15.2 Å². The lowest BCUT2D eigenvalue weighted by atomic mass is 10.2. The van der Waals surface area contributed by atoms with Crippen molar-refractivity contribution in [3.63, 3.8) is 0 Å². The van der Waals surface area contributed by atoms with Crippen molar-refractivity contribution in [3.05, 3.63) is 23.9 Å². The lowest BCUT2D eigenvalue weighted by molar-refractivity contribution is 0.0953. The van der Waals surface area contributed by atoms with Gasteiger partial charge in [0.25, 0.3) is 5.91 Å². The van der Waals surface area contributed by atoms with E-state index in [0.717, 1.165) is 38.3 Å². The van der Waals surface area contributed by atoms with Gasteiger partial charge in [-0.3, -0.25) is 4.79 Å². The molecule has 0 atom stereocenters. The Kier molecular flexibility index (Phi) is 6.89. The number of unbranched alkanes of at least 4 members (excludes halogenated alkanes) is 1. The molecule has 2 N–H and O–H groups in total. The first kappa shape index (κ1) is 15.4. The zero-order chi connectivity index (χ0) is 14.1. The average molecular weight is 264 g/mol. The number of nitrogens with zero attached hydrogens (tertiary/aromatic N) is 2. The van der Waals surface area contributed by atoms with Gasteiger partial charge in [0.2, 0.25) is 0 Å². The minimum atomic E-state index is -0.0548. The van der Waals surface area contributed by atoms with E-state index in [1.54, 1.807) is 12.3 Å². The molecule has 0 saturated heterocycles. The van der Waals surface area contributed by atoms with E-state index in [1.165, 1.54) is 0 Å². The van der Waals surface area contributed by atoms with Crippen LogP contribution in [0.5, 0.6) is 0 Å². The SMILES string of the molecule is CCCCNC(=O)c1ccc(NCCN(C)C)nc1. The highest BCUT2D eigenvalue weighted by Gasteiger charge is 2.04. The van der Waals surface area contributed by atoms with E-state index in [4.69, 9.17) is 0 Å². The first-order valence-electron chi connectivity index (χ1n) is 6.76. The van der Waals surface area contributed by atoms with Gasteiger partial charge < -0.3 is 15.5 Å². The number of anilines is 1. The number of carbonyl (C=O) groups is 1. The minimum absolute atomic E-state index is 0.0548. The van der Waals surface area contributed by atoms with Crippen LogP contribution in [0.3, 0.4) is 0 Å². The molecular weight excluding hydrogens is 240 g/mol. The van der Waals surface area contributed by atoms with Crippen LogP contribution in [0.2, 0.25) is 0 Å². The van der Waals surface area contributed by atoms with Crippen LogP contribution in [0.1, 0.15) is 30.1 Å². The van der Waals surface area contributed by atoms with Crippen LogP contribution >= 0.6 is 0 Å². The van der Waals surface area contributed by atoms with Crippen LogP contribution in [-0.4, -0.2) is 49.5 Å². The first-order valence-corrected chi connectivity index (χ1v) is 6.76. The molecule has 106 valence electrons. The molecule has 1 rings (SSSR count). The van der Waals surface area contributed by atoms with Gasteiger partial charge in [-0.2, -0.15) is 0 Å². The van der Waals surface area contributed by atoms with Gasteiger partial charge in [-0.15, -0.1) is 0 Å². The number of hydrogen-bond acceptors (Lipinski definition) is 4. The van der Waals surface area contributed by atoms with Crippen molar-refractivity contribution in [1.29, 1.82) is 0 Å². The molecule has 5 heteroatoms. The predicted molar refractivity (Wildman–Crippen MR) is 78.5 cm³/mol. The van der Waals surface area contributed by atoms with E-state index < -0.39 is 0 Å². The largest absolute Gasteiger partial charge is 0.369 e. The highest BCUT2D eigenvalue weighted by atomic mass is 16.1. The number of aromatic nitrogens is 1. The quantitative estimate of drug-likeness (QED) is 0.700. The third-order valence-corrected chi connectivity index (χ3v) is 2.71. The lowest BCUT2D eigenvalue weighted by Gasteiger charge is -2.11. The van der Waals surface area contributed by atoms with Crippen molar-refractivity contribution in [3.8, 4) is 0 Å². The molecule has 0 aliphatic carbocycles. The number of hydrogen-bond donors (Lipinski definition) is 2. The summed E-state index contributed by atoms with van der Waals surface area (Å²) in [7, 11) is 4.05. The predicted octanol–water partition coefficient (Wildman–Crippen LogP) is 1.58. The molecule has 1 aromatic heterocycles. The van der Waals surface area contributed by atoms with Crippen molar-refractivity contribution >= 4 is 11.7 Å². The number of likely N-dealkylation sites (N-methyl/N-ethyl adjacent to an activating group) is 1. The van der Waals surface area contributed by atoms with Gasteiger partial charge in [0, 0.05) is 25.8 Å². The second-order valence-corrected chi connectivity index (χ2v) is 4.77. The summed E-state index contributed by atoms with van der Waals surface area (Å²) in [6.07, 6.45) is 3.69. The van der Waals surface area contributed by atoms with Crippen molar-refractivity contribution in [2.24, 2.45) is 0 Å². The topological polar surface area (TPSA) is 57.3 Å². The summed E-state index contributed by atoms with van der Waals surface area (Å²) >= 11 is 0. The molecule has 0 radical (unpaired) electrons. The standard InChI is InChI=1S/C14H24N4O/c1-4-5-8-16-14(19)12-6-7-13(17-11-12)15-9-10-18(2)3/h6-7,11H,4-5,8-10H2,1-3H3,(H,15,17)(H,16,19). The van der Waals surface area contributed by atoms with Crippen LogP contribution in [0.25, 0.3) is 0 Å². The second kappa shape index (κ2) is 8.48. The Morgan fingerprint density at radius 3 is 2.68 bits per heavy atom. The van der Waals surface area contributed by atoms with E-state index in [9.17, 15) is 4.79 Å². The maximum absolute atomic E-state index is 11.8. The van der Waals surface area contributed by atoms with Gasteiger partial charge in [0.1, 0.15) is 5.82 Å². The fraction of sp³-hybridized carbons (Fsp3) is 0.571. The molecule has 1 amide bonds. The molecule has 0 spiro atoms. The third kappa shape index (κ3) is 6.20. The maximum atomic E-state index is 11.8. The van der Waals surface area contributed by atoms with E-state index in [0.29, 0.717) is 5.56 Å². The van der Waals surface area contributed by atoms with Gasteiger partial charge >= 0.3 is 0 Å². The summed E-state index contributed by atoms with van der Waals surface area (Å²) in [5.74, 6) is 0.743. The Hall–Kier alpha value is -1.62. The third-order valence-electron chi connectivity index (χ3n) is 2.71. The van der Waals surface area contributed by atoms with Crippen molar-refractivity contribution < 1.29 is 4.79 Å². The molecule has 0 aromatic carbocycles. The summed E-state index contributed by atoms with van der Waals surface area (Å²) in [4.78, 5) is 18.1. The molecule has 19 heavy (non-hydrogen) atoms. The van der Waals surface area contributed by atoms with Gasteiger partial charge in [-0.1, -0.05) is 13.3 Å². The molecule has 0 bridgehead atoms. The van der Waals surface area contributed by atoms with E-state index in [1.807, 2.05) is 20.2 Å². The minimum Gasteiger partial charge on any atom is -0.369 e. The molecule has 0 saturated carbocycles. The molecule has 5 nitrogen and oxygen atoms in total. The number of rotatable bonds is 8. The van der Waals surface area contributed by atoms with Crippen LogP contribution in [0.15, 0.2) is 18.3 Å². The number of nitrogens with one attached hydrogen (secondary N) is 2. The summed E-state index contributed by atoms with van der Waals surface area (Å²) in [5, 5.41) is 6.08. The molecule has 0 aliphatic heterocycles. The van der Waals surface area contributed by atoms with Gasteiger partial charge in [-0.05, 0) is 32.6 Å². The molecule has 1 heterocycles. The molecule has 0 aliphatic rings. The van der Waals surface area contributed by atoms with Crippen molar-refractivity contribution in [2.75, 3.05) is 39.0 Å². The van der Waals surface area contributed by atoms with Gasteiger partial charge in [-0.25, -0.2) is 4.98 Å². The Labute approximate surface area is 115 Å². The number of carbonyl (C=O) groups excluding carboxylic acids is 1. The van der Waals surface area contributed by atoms with E-state index in [-0.39, 0.29) is 5.91 Å². The molecular formula is C14H24N4O. The smallest absolute Gasteiger partial charge is 0.252 e. The monoisotopic (exact) mass is 264 g/mol. The maximum Gasteiger partial charge on any atom is 0.252 e. The van der Waals surface area contributed by atoms with Crippen LogP contribution in [0.4, 0.5) is 5.82 Å². The average Bonchev–Trinajstić information content (AvgIpc) is 2.39. The van der Waals surface area contributed by atoms with Crippen LogP contribution in [-0.2, 0) is 0 Å². The Morgan fingerprint density at radius 2 is 2.11 bits per heavy atom. The Bertz CT molecular complexity index is 376. The lowest BCUT2D eigenvalue weighted by Crippen LogP contribution is -2.24. The Morgan fingerprint density at radius 1 is 1.32 bits per heavy atom. The summed E-state index contributed by atoms with van der Waals surface area (Å²) < 4.78 is 0. The summed E-state index contributed by atoms with van der Waals surface area (Å²) in [6.45, 7) is 4.60. The zero-order valence-corrected chi connectivity index (χ0v) is 12.1. The van der Waals surface area contributed by atoms with Crippen LogP contribution < -0.4 is 10.6 Å². The molecule has 0 fully saturated rings. The van der Waals surface area contributed by atoms with Crippen LogP contribution in [0, 0.1) is 0 Å². The molecule has 0 unspecified atom stereocenters. The number of amides is 1. The second-order valence-electron chi connectivity index (χ2n) is 4.77. The first-order chi connectivity index (χ1) is 9.13. The van der Waals surface area contributed by atoms with Gasteiger partial charge in [0.05, 0.1) is 5.56 Å². The van der Waals surface area contributed by atoms with Gasteiger partial charge in [0.15, 0.2) is 0 Å². The van der Waals surface area contributed by atoms with Crippen molar-refractivity contribution in [2.45, 2.75) is 19.8 Å². The highest BCUT2D eigenvalue weighted by molar-refractivity contribution is 5.93. The number of pyridine rings is 1. The van der Waals surface area contributed by atoms with E-state index in [2.05, 4.69) is 27.4 Å². The summed E-state index contributed by atoms with van der Waals surface area (Å²) in [5.41, 5.74) is 0.606. The zero-order valence-electron chi connectivity index (χ0n) is 12.1.